The number of rotatable bonds is 3. The van der Waals surface area contributed by atoms with Crippen LogP contribution in [-0.2, 0) is 0 Å². The average molecular weight is 239 g/mol. The van der Waals surface area contributed by atoms with Gasteiger partial charge in [0, 0.05) is 25.0 Å². The first-order chi connectivity index (χ1) is 7.25. The molecule has 0 amide bonds. The lowest BCUT2D eigenvalue weighted by molar-refractivity contribution is 0.0948. The van der Waals surface area contributed by atoms with Crippen LogP contribution in [0.3, 0.4) is 0 Å². The zero-order valence-corrected chi connectivity index (χ0v) is 9.98. The van der Waals surface area contributed by atoms with Crippen LogP contribution in [0.4, 0.5) is 0 Å². The summed E-state index contributed by atoms with van der Waals surface area (Å²) in [6, 6.07) is 9.40. The summed E-state index contributed by atoms with van der Waals surface area (Å²) in [6.45, 7) is 1.24. The number of benzene rings is 1. The smallest absolute Gasteiger partial charge is 0.182 e. The van der Waals surface area contributed by atoms with Crippen molar-refractivity contribution in [3.63, 3.8) is 0 Å². The van der Waals surface area contributed by atoms with Crippen LogP contribution in [0.5, 0.6) is 0 Å². The zero-order valence-electron chi connectivity index (χ0n) is 9.17. The molecule has 4 heteroatoms. The topological polar surface area (TPSA) is 23.6 Å². The molecule has 0 saturated heterocycles. The van der Waals surface area contributed by atoms with E-state index in [0.29, 0.717) is 6.54 Å². The molecule has 86 valence electrons. The summed E-state index contributed by atoms with van der Waals surface area (Å²) in [7, 11) is 1.99. The molecule has 0 aromatic heterocycles. The second-order valence-corrected chi connectivity index (χ2v) is 3.73. The fourth-order valence-electron chi connectivity index (χ4n) is 1.59. The van der Waals surface area contributed by atoms with Gasteiger partial charge >= 0.3 is 0 Å². The molecule has 1 aliphatic rings. The molecule has 0 aliphatic carbocycles. The number of hydrogen-bond donors (Lipinski definition) is 0. The van der Waals surface area contributed by atoms with Crippen LogP contribution < -0.4 is 0 Å². The van der Waals surface area contributed by atoms with Crippen molar-refractivity contribution in [3.8, 4) is 0 Å². The van der Waals surface area contributed by atoms with Gasteiger partial charge in [-0.3, -0.25) is 4.79 Å². The maximum atomic E-state index is 11.8. The number of halogens is 1. The summed E-state index contributed by atoms with van der Waals surface area (Å²) < 4.78 is 0. The normalized spacial score (nSPS) is 13.8. The Hall–Kier alpha value is -1.48. The van der Waals surface area contributed by atoms with E-state index >= 15 is 0 Å². The molecular weight excluding hydrogens is 224 g/mol. The Morgan fingerprint density at radius 1 is 1.25 bits per heavy atom. The van der Waals surface area contributed by atoms with Gasteiger partial charge in [0.2, 0.25) is 0 Å². The first-order valence-electron chi connectivity index (χ1n) is 4.96. The van der Waals surface area contributed by atoms with Crippen LogP contribution in [-0.4, -0.2) is 35.8 Å². The van der Waals surface area contributed by atoms with Crippen LogP contribution >= 0.6 is 12.4 Å². The molecule has 2 rings (SSSR count). The largest absolute Gasteiger partial charge is 0.362 e. The van der Waals surface area contributed by atoms with Gasteiger partial charge in [0.25, 0.3) is 0 Å². The summed E-state index contributed by atoms with van der Waals surface area (Å²) in [5.41, 5.74) is 0.778. The standard InChI is InChI=1S/C12H14N2O.ClH/c1-13-7-8-14(10-13)9-12(15)11-5-3-2-4-6-11;/h2-8H,9-10H2,1H3;1H. The van der Waals surface area contributed by atoms with E-state index in [1.165, 1.54) is 0 Å². The SMILES string of the molecule is CN1C=CN(CC(=O)c2ccccc2)C1.Cl. The van der Waals surface area contributed by atoms with Gasteiger partial charge in [0.1, 0.15) is 0 Å². The van der Waals surface area contributed by atoms with E-state index in [2.05, 4.69) is 0 Å². The highest BCUT2D eigenvalue weighted by molar-refractivity contribution is 5.97. The maximum Gasteiger partial charge on any atom is 0.182 e. The molecule has 0 radical (unpaired) electrons. The Kier molecular flexibility index (Phi) is 4.38. The van der Waals surface area contributed by atoms with Crippen molar-refractivity contribution in [1.29, 1.82) is 0 Å². The quantitative estimate of drug-likeness (QED) is 0.753. The van der Waals surface area contributed by atoms with E-state index in [9.17, 15) is 4.79 Å². The number of carbonyl (C=O) groups is 1. The van der Waals surface area contributed by atoms with Gasteiger partial charge < -0.3 is 9.80 Å². The van der Waals surface area contributed by atoms with Gasteiger partial charge in [0.05, 0.1) is 13.2 Å². The van der Waals surface area contributed by atoms with Gasteiger partial charge in [-0.05, 0) is 0 Å². The highest BCUT2D eigenvalue weighted by atomic mass is 35.5. The van der Waals surface area contributed by atoms with Crippen molar-refractivity contribution in [2.45, 2.75) is 0 Å². The van der Waals surface area contributed by atoms with Crippen molar-refractivity contribution >= 4 is 18.2 Å². The summed E-state index contributed by atoms with van der Waals surface area (Å²) in [6.07, 6.45) is 3.92. The van der Waals surface area contributed by atoms with E-state index in [1.807, 2.05) is 59.6 Å². The van der Waals surface area contributed by atoms with Crippen LogP contribution in [0, 0.1) is 0 Å². The molecule has 0 N–H and O–H groups in total. The first-order valence-corrected chi connectivity index (χ1v) is 4.96. The van der Waals surface area contributed by atoms with Crippen molar-refractivity contribution in [1.82, 2.24) is 9.80 Å². The second-order valence-electron chi connectivity index (χ2n) is 3.73. The summed E-state index contributed by atoms with van der Waals surface area (Å²) in [4.78, 5) is 15.8. The Morgan fingerprint density at radius 2 is 1.94 bits per heavy atom. The fourth-order valence-corrected chi connectivity index (χ4v) is 1.59. The molecule has 0 fully saturated rings. The number of hydrogen-bond acceptors (Lipinski definition) is 3. The van der Waals surface area contributed by atoms with Gasteiger partial charge in [-0.1, -0.05) is 30.3 Å². The fraction of sp³-hybridized carbons (Fsp3) is 0.250. The van der Waals surface area contributed by atoms with Gasteiger partial charge in [-0.2, -0.15) is 0 Å². The minimum atomic E-state index is 0. The summed E-state index contributed by atoms with van der Waals surface area (Å²) in [5, 5.41) is 0. The molecule has 1 aromatic rings. The molecular formula is C12H15ClN2O. The van der Waals surface area contributed by atoms with Crippen LogP contribution in [0.25, 0.3) is 0 Å². The number of nitrogens with zero attached hydrogens (tertiary/aromatic N) is 2. The third-order valence-corrected chi connectivity index (χ3v) is 2.38. The third-order valence-electron chi connectivity index (χ3n) is 2.38. The predicted molar refractivity (Wildman–Crippen MR) is 66.5 cm³/mol. The number of Topliss-reactive ketones (excluding diaryl/α,β-unsaturated/α-hetero) is 1. The minimum absolute atomic E-state index is 0. The van der Waals surface area contributed by atoms with Gasteiger partial charge in [-0.15, -0.1) is 12.4 Å². The monoisotopic (exact) mass is 238 g/mol. The van der Waals surface area contributed by atoms with Crippen molar-refractivity contribution in [2.75, 3.05) is 20.3 Å². The molecule has 0 spiro atoms. The number of ketones is 1. The van der Waals surface area contributed by atoms with Crippen LogP contribution in [0.15, 0.2) is 42.7 Å². The highest BCUT2D eigenvalue weighted by Crippen LogP contribution is 2.06. The molecule has 0 bridgehead atoms. The Bertz CT molecular complexity index is 378. The summed E-state index contributed by atoms with van der Waals surface area (Å²) in [5.74, 6) is 0.163. The zero-order chi connectivity index (χ0) is 10.7. The maximum absolute atomic E-state index is 11.8. The second kappa shape index (κ2) is 5.56. The van der Waals surface area contributed by atoms with Gasteiger partial charge in [-0.25, -0.2) is 0 Å². The molecule has 1 aromatic carbocycles. The lowest BCUT2D eigenvalue weighted by atomic mass is 10.1. The van der Waals surface area contributed by atoms with Crippen LogP contribution in [0.2, 0.25) is 0 Å². The molecule has 3 nitrogen and oxygen atoms in total. The first kappa shape index (κ1) is 12.6. The van der Waals surface area contributed by atoms with Crippen molar-refractivity contribution < 1.29 is 4.79 Å². The molecule has 16 heavy (non-hydrogen) atoms. The van der Waals surface area contributed by atoms with Crippen molar-refractivity contribution in [3.05, 3.63) is 48.3 Å². The van der Waals surface area contributed by atoms with Crippen molar-refractivity contribution in [2.24, 2.45) is 0 Å². The van der Waals surface area contributed by atoms with E-state index in [0.717, 1.165) is 12.2 Å². The number of carbonyl (C=O) groups excluding carboxylic acids is 1. The third kappa shape index (κ3) is 3.00. The van der Waals surface area contributed by atoms with E-state index < -0.39 is 0 Å². The molecule has 0 unspecified atom stereocenters. The molecule has 1 heterocycles. The Balaban J connectivity index is 0.00000128. The summed E-state index contributed by atoms with van der Waals surface area (Å²) >= 11 is 0. The Morgan fingerprint density at radius 3 is 2.50 bits per heavy atom. The highest BCUT2D eigenvalue weighted by Gasteiger charge is 2.13. The molecule has 0 saturated carbocycles. The average Bonchev–Trinajstić information content (AvgIpc) is 2.65. The molecule has 0 atom stereocenters. The van der Waals surface area contributed by atoms with Crippen LogP contribution in [0.1, 0.15) is 10.4 Å². The minimum Gasteiger partial charge on any atom is -0.362 e. The van der Waals surface area contributed by atoms with Gasteiger partial charge in [0.15, 0.2) is 5.78 Å². The molecule has 1 aliphatic heterocycles. The Labute approximate surface area is 102 Å². The van der Waals surface area contributed by atoms with E-state index in [-0.39, 0.29) is 18.2 Å². The van der Waals surface area contributed by atoms with E-state index in [4.69, 9.17) is 0 Å². The lowest BCUT2D eigenvalue weighted by Crippen LogP contribution is -2.27. The predicted octanol–water partition coefficient (Wildman–Crippen LogP) is 1.97. The lowest BCUT2D eigenvalue weighted by Gasteiger charge is -2.16. The van der Waals surface area contributed by atoms with E-state index in [1.54, 1.807) is 0 Å².